The van der Waals surface area contributed by atoms with Gasteiger partial charge < -0.3 is 25.0 Å². The molecule has 3 fully saturated rings. The Labute approximate surface area is 303 Å². The van der Waals surface area contributed by atoms with Crippen LogP contribution in [0.3, 0.4) is 0 Å². The number of amides is 4. The fourth-order valence-electron chi connectivity index (χ4n) is 7.10. The van der Waals surface area contributed by atoms with Gasteiger partial charge in [-0.15, -0.1) is 10.2 Å². The molecule has 1 saturated heterocycles. The van der Waals surface area contributed by atoms with Crippen LogP contribution >= 0.6 is 0 Å². The lowest BCUT2D eigenvalue weighted by Gasteiger charge is -2.30. The van der Waals surface area contributed by atoms with Crippen molar-refractivity contribution in [1.29, 1.82) is 0 Å². The van der Waals surface area contributed by atoms with Crippen molar-refractivity contribution in [2.45, 2.75) is 106 Å². The minimum atomic E-state index is -6.09. The molecular weight excluding hydrogens is 725 g/mol. The van der Waals surface area contributed by atoms with E-state index in [0.717, 1.165) is 17.6 Å². The molecule has 3 N–H and O–H groups in total. The Morgan fingerprint density at radius 2 is 1.75 bits per heavy atom. The van der Waals surface area contributed by atoms with Crippen molar-refractivity contribution in [1.82, 2.24) is 40.5 Å². The summed E-state index contributed by atoms with van der Waals surface area (Å²) in [6.45, 7) is -0.129. The summed E-state index contributed by atoms with van der Waals surface area (Å²) in [5, 5.41) is 18.0. The molecule has 4 aliphatic rings. The molecule has 20 heteroatoms. The number of carbonyl (C=O) groups is 4. The monoisotopic (exact) mass is 766 g/mol. The average molecular weight is 767 g/mol. The number of allylic oxidation sites excluding steroid dienone is 1. The molecule has 2 aliphatic heterocycles. The summed E-state index contributed by atoms with van der Waals surface area (Å²) in [4.78, 5) is 57.2. The standard InChI is InChI=1S/C33H41F3N8O8S/c1-51-23-15-13-20(14-16-23)27-39-42-44(40-27)22-17-26-28(45)38-32(30(47)41-53(49,50)33(34,35)36)18-21(32)9-5-3-2-4-6-12-25(29(46)43(26)19-22)37-31(48)52-24-10-7-8-11-24/h5,9,13-16,21-22,24-26H,2-4,6-8,10-12,17-19H2,1H3,(H,37,48)(H,38,45)(H,41,47)/b9-5-/t21-,22-,25-,26+,32+/m1/s1. The van der Waals surface area contributed by atoms with E-state index in [1.165, 1.54) is 16.8 Å². The van der Waals surface area contributed by atoms with E-state index in [0.29, 0.717) is 49.8 Å². The number of tetrazole rings is 1. The largest absolute Gasteiger partial charge is 0.516 e. The predicted octanol–water partition coefficient (Wildman–Crippen LogP) is 2.89. The number of hydrogen-bond acceptors (Lipinski definition) is 11. The molecule has 16 nitrogen and oxygen atoms in total. The molecule has 2 aromatic rings. The van der Waals surface area contributed by atoms with Gasteiger partial charge in [-0.3, -0.25) is 14.4 Å². The summed E-state index contributed by atoms with van der Waals surface area (Å²) >= 11 is 0. The normalized spacial score (nSPS) is 27.7. The number of nitrogens with one attached hydrogen (secondary N) is 3. The van der Waals surface area contributed by atoms with E-state index >= 15 is 0 Å². The van der Waals surface area contributed by atoms with Crippen molar-refractivity contribution in [2.24, 2.45) is 5.92 Å². The topological polar surface area (TPSA) is 204 Å². The first-order valence-electron chi connectivity index (χ1n) is 17.5. The molecule has 1 aromatic carbocycles. The van der Waals surface area contributed by atoms with E-state index in [2.05, 4.69) is 26.0 Å². The van der Waals surface area contributed by atoms with Crippen LogP contribution in [-0.4, -0.2) is 100 Å². The van der Waals surface area contributed by atoms with Crippen LogP contribution in [0, 0.1) is 5.92 Å². The number of fused-ring (bicyclic) bond motifs is 2. The van der Waals surface area contributed by atoms with Gasteiger partial charge in [-0.25, -0.2) is 9.52 Å². The van der Waals surface area contributed by atoms with Crippen molar-refractivity contribution < 1.29 is 50.2 Å². The van der Waals surface area contributed by atoms with Gasteiger partial charge in [0.15, 0.2) is 0 Å². The molecule has 2 saturated carbocycles. The van der Waals surface area contributed by atoms with Gasteiger partial charge in [0.25, 0.3) is 5.91 Å². The molecule has 6 rings (SSSR count). The van der Waals surface area contributed by atoms with Gasteiger partial charge in [-0.2, -0.15) is 26.4 Å². The molecule has 4 amide bonds. The number of methoxy groups -OCH3 is 1. The summed E-state index contributed by atoms with van der Waals surface area (Å²) in [6, 6.07) is 3.72. The number of ether oxygens (including phenoxy) is 2. The van der Waals surface area contributed by atoms with Gasteiger partial charge >= 0.3 is 21.6 Å². The molecule has 0 bridgehead atoms. The first-order valence-corrected chi connectivity index (χ1v) is 19.0. The Balaban J connectivity index is 1.30. The van der Waals surface area contributed by atoms with Crippen LogP contribution in [0.4, 0.5) is 18.0 Å². The number of benzene rings is 1. The Morgan fingerprint density at radius 3 is 2.45 bits per heavy atom. The van der Waals surface area contributed by atoms with Gasteiger partial charge in [0.2, 0.25) is 17.6 Å². The predicted molar refractivity (Wildman–Crippen MR) is 179 cm³/mol. The number of rotatable bonds is 7. The fourth-order valence-corrected chi connectivity index (χ4v) is 7.65. The van der Waals surface area contributed by atoms with E-state index in [1.54, 1.807) is 36.4 Å². The molecule has 0 radical (unpaired) electrons. The molecular formula is C33H41F3N8O8S. The Bertz CT molecular complexity index is 1830. The highest BCUT2D eigenvalue weighted by atomic mass is 32.2. The zero-order valence-electron chi connectivity index (χ0n) is 28.9. The highest BCUT2D eigenvalue weighted by molar-refractivity contribution is 7.90. The van der Waals surface area contributed by atoms with Crippen LogP contribution in [-0.2, 0) is 29.1 Å². The summed E-state index contributed by atoms with van der Waals surface area (Å²) in [6.07, 6.45) is 7.79. The number of carbonyl (C=O) groups excluding carboxylic acids is 4. The van der Waals surface area contributed by atoms with Crippen molar-refractivity contribution in [2.75, 3.05) is 13.7 Å². The highest BCUT2D eigenvalue weighted by Gasteiger charge is 2.63. The lowest BCUT2D eigenvalue weighted by Crippen LogP contribution is -2.58. The number of alkyl carbamates (subject to hydrolysis) is 1. The second-order valence-electron chi connectivity index (χ2n) is 13.8. The van der Waals surface area contributed by atoms with Crippen LogP contribution in [0.15, 0.2) is 36.4 Å². The maximum Gasteiger partial charge on any atom is 0.516 e. The third-order valence-electron chi connectivity index (χ3n) is 10.2. The zero-order valence-corrected chi connectivity index (χ0v) is 29.7. The van der Waals surface area contributed by atoms with Crippen molar-refractivity contribution in [3.8, 4) is 17.1 Å². The maximum absolute atomic E-state index is 14.4. The quantitative estimate of drug-likeness (QED) is 0.350. The number of nitrogens with zero attached hydrogens (tertiary/aromatic N) is 5. The third kappa shape index (κ3) is 8.41. The van der Waals surface area contributed by atoms with Crippen LogP contribution in [0.2, 0.25) is 0 Å². The van der Waals surface area contributed by atoms with Crippen LogP contribution < -0.4 is 20.1 Å². The fraction of sp³-hybridized carbons (Fsp3) is 0.606. The summed E-state index contributed by atoms with van der Waals surface area (Å²) in [5.74, 6) is -3.04. The van der Waals surface area contributed by atoms with Crippen molar-refractivity contribution in [3.05, 3.63) is 36.4 Å². The summed E-state index contributed by atoms with van der Waals surface area (Å²) in [5.41, 5.74) is -7.20. The molecule has 0 unspecified atom stereocenters. The van der Waals surface area contributed by atoms with E-state index in [9.17, 15) is 40.8 Å². The van der Waals surface area contributed by atoms with Gasteiger partial charge in [0.05, 0.1) is 13.2 Å². The maximum atomic E-state index is 14.4. The van der Waals surface area contributed by atoms with Gasteiger partial charge in [-0.1, -0.05) is 25.0 Å². The number of aromatic nitrogens is 4. The second kappa shape index (κ2) is 15.3. The summed E-state index contributed by atoms with van der Waals surface area (Å²) in [7, 11) is -4.57. The van der Waals surface area contributed by atoms with Gasteiger partial charge in [0.1, 0.15) is 29.5 Å². The minimum absolute atomic E-state index is 0.103. The van der Waals surface area contributed by atoms with Gasteiger partial charge in [0, 0.05) is 24.4 Å². The van der Waals surface area contributed by atoms with Gasteiger partial charge in [-0.05, 0) is 80.8 Å². The minimum Gasteiger partial charge on any atom is -0.497 e. The molecule has 53 heavy (non-hydrogen) atoms. The molecule has 3 heterocycles. The molecule has 0 spiro atoms. The van der Waals surface area contributed by atoms with Crippen LogP contribution in [0.1, 0.15) is 76.7 Å². The van der Waals surface area contributed by atoms with Crippen LogP contribution in [0.25, 0.3) is 11.4 Å². The Kier molecular flexibility index (Phi) is 11.0. The first kappa shape index (κ1) is 38.0. The Hall–Kier alpha value is -4.75. The molecule has 5 atom stereocenters. The molecule has 2 aliphatic carbocycles. The number of hydrogen-bond donors (Lipinski definition) is 3. The molecule has 288 valence electrons. The van der Waals surface area contributed by atoms with E-state index in [1.807, 2.05) is 0 Å². The number of halogens is 3. The molecule has 1 aromatic heterocycles. The average Bonchev–Trinajstić information content (AvgIpc) is 3.59. The van der Waals surface area contributed by atoms with E-state index < -0.39 is 68.9 Å². The lowest BCUT2D eigenvalue weighted by atomic mass is 10.0. The lowest BCUT2D eigenvalue weighted by molar-refractivity contribution is -0.141. The summed E-state index contributed by atoms with van der Waals surface area (Å²) < 4.78 is 75.5. The SMILES string of the molecule is COc1ccc(-c2nnn([C@@H]3C[C@H]4C(=O)N[C@@]5(C(=O)NS(=O)(=O)C(F)(F)F)C[C@H]5/C=C\CCCCC[C@@H](NC(=O)OC5CCCC5)C(=O)N4C3)n2)cc1. The first-order chi connectivity index (χ1) is 25.2. The van der Waals surface area contributed by atoms with Crippen molar-refractivity contribution >= 4 is 33.8 Å². The van der Waals surface area contributed by atoms with Crippen LogP contribution in [0.5, 0.6) is 5.75 Å². The zero-order chi connectivity index (χ0) is 38.0. The third-order valence-corrected chi connectivity index (χ3v) is 11.2. The van der Waals surface area contributed by atoms with E-state index in [-0.39, 0.29) is 37.7 Å². The Morgan fingerprint density at radius 1 is 1.04 bits per heavy atom. The number of sulfonamides is 1. The smallest absolute Gasteiger partial charge is 0.497 e. The number of alkyl halides is 3. The second-order valence-corrected chi connectivity index (χ2v) is 15.5. The van der Waals surface area contributed by atoms with Crippen molar-refractivity contribution in [3.63, 3.8) is 0 Å². The highest BCUT2D eigenvalue weighted by Crippen LogP contribution is 2.46. The van der Waals surface area contributed by atoms with E-state index in [4.69, 9.17) is 9.47 Å².